The Bertz CT molecular complexity index is 1060. The van der Waals surface area contributed by atoms with Crippen molar-refractivity contribution < 1.29 is 9.53 Å². The molecule has 0 saturated carbocycles. The summed E-state index contributed by atoms with van der Waals surface area (Å²) in [4.78, 5) is 15.8. The molecule has 4 rings (SSSR count). The summed E-state index contributed by atoms with van der Waals surface area (Å²) in [5.74, 6) is -0.359. The maximum Gasteiger partial charge on any atom is 0.341 e. The Morgan fingerprint density at radius 1 is 1.10 bits per heavy atom. The van der Waals surface area contributed by atoms with E-state index in [1.807, 2.05) is 37.3 Å². The molecule has 0 spiro atoms. The summed E-state index contributed by atoms with van der Waals surface area (Å²) in [6.45, 7) is 3.64. The first kappa shape index (κ1) is 19.6. The topological polar surface area (TPSA) is 41.6 Å². The molecule has 0 atom stereocenters. The van der Waals surface area contributed by atoms with E-state index in [1.54, 1.807) is 0 Å². The molecule has 0 aliphatic carbocycles. The maximum atomic E-state index is 12.7. The van der Waals surface area contributed by atoms with Crippen LogP contribution in [-0.2, 0) is 17.7 Å². The minimum atomic E-state index is -0.359. The summed E-state index contributed by atoms with van der Waals surface area (Å²) in [5.41, 5.74) is 5.11. The van der Waals surface area contributed by atoms with E-state index in [0.717, 1.165) is 40.5 Å². The Kier molecular flexibility index (Phi) is 5.65. The fraction of sp³-hybridized carbons (Fsp3) is 0.217. The normalized spacial score (nSPS) is 13.0. The fourth-order valence-electron chi connectivity index (χ4n) is 3.73. The van der Waals surface area contributed by atoms with Crippen LogP contribution in [0.3, 0.4) is 0 Å². The van der Waals surface area contributed by atoms with Crippen molar-refractivity contribution in [2.24, 2.45) is 0 Å². The summed E-state index contributed by atoms with van der Waals surface area (Å²) in [6.07, 6.45) is 0.959. The molecule has 0 amide bonds. The summed E-state index contributed by atoms with van der Waals surface area (Å²) >= 11 is 7.24. The van der Waals surface area contributed by atoms with Crippen LogP contribution in [0.2, 0.25) is 0 Å². The molecule has 1 aromatic heterocycles. The van der Waals surface area contributed by atoms with Crippen LogP contribution >= 0.6 is 23.6 Å². The predicted octanol–water partition coefficient (Wildman–Crippen LogP) is 5.27. The smallest absolute Gasteiger partial charge is 0.341 e. The zero-order valence-corrected chi connectivity index (χ0v) is 18.0. The second-order valence-electron chi connectivity index (χ2n) is 6.97. The molecule has 6 heteroatoms. The second-order valence-corrected chi connectivity index (χ2v) is 8.58. The van der Waals surface area contributed by atoms with Crippen molar-refractivity contribution in [3.8, 4) is 11.1 Å². The number of thiophene rings is 1. The lowest BCUT2D eigenvalue weighted by Gasteiger charge is -2.31. The largest absolute Gasteiger partial charge is 0.465 e. The van der Waals surface area contributed by atoms with E-state index in [4.69, 9.17) is 17.0 Å². The molecule has 148 valence electrons. The van der Waals surface area contributed by atoms with Gasteiger partial charge >= 0.3 is 5.97 Å². The standard InChI is InChI=1S/C23H22N2O2S2/c1-15-19(17-9-4-3-5-10-17)20(22(26)27-2)21(29-15)24-23(28)25-13-12-16-8-6-7-11-18(16)14-25/h3-11H,12-14H2,1-2H3,(H,24,28). The lowest BCUT2D eigenvalue weighted by molar-refractivity contribution is 0.0603. The van der Waals surface area contributed by atoms with Gasteiger partial charge in [-0.1, -0.05) is 54.6 Å². The average molecular weight is 423 g/mol. The van der Waals surface area contributed by atoms with Gasteiger partial charge in [-0.25, -0.2) is 4.79 Å². The SMILES string of the molecule is COC(=O)c1c(NC(=S)N2CCc3ccccc3C2)sc(C)c1-c1ccccc1. The van der Waals surface area contributed by atoms with Crippen molar-refractivity contribution in [1.82, 2.24) is 4.90 Å². The van der Waals surface area contributed by atoms with E-state index in [2.05, 4.69) is 34.5 Å². The minimum Gasteiger partial charge on any atom is -0.465 e. The number of esters is 1. The average Bonchev–Trinajstić information content (AvgIpc) is 3.08. The van der Waals surface area contributed by atoms with Crippen LogP contribution in [0.5, 0.6) is 0 Å². The molecule has 0 radical (unpaired) electrons. The van der Waals surface area contributed by atoms with Crippen LogP contribution in [0.1, 0.15) is 26.4 Å². The molecule has 0 bridgehead atoms. The number of nitrogens with zero attached hydrogens (tertiary/aromatic N) is 1. The quantitative estimate of drug-likeness (QED) is 0.460. The first-order chi connectivity index (χ1) is 14.1. The number of nitrogens with one attached hydrogen (secondary N) is 1. The van der Waals surface area contributed by atoms with E-state index in [-0.39, 0.29) is 5.97 Å². The van der Waals surface area contributed by atoms with Gasteiger partial charge in [0.05, 0.1) is 7.11 Å². The van der Waals surface area contributed by atoms with Crippen LogP contribution in [0, 0.1) is 6.92 Å². The van der Waals surface area contributed by atoms with Crippen LogP contribution < -0.4 is 5.32 Å². The summed E-state index contributed by atoms with van der Waals surface area (Å²) in [6, 6.07) is 18.4. The van der Waals surface area contributed by atoms with E-state index < -0.39 is 0 Å². The fourth-order valence-corrected chi connectivity index (χ4v) is 5.11. The number of hydrogen-bond donors (Lipinski definition) is 1. The molecule has 29 heavy (non-hydrogen) atoms. The second kappa shape index (κ2) is 8.35. The Balaban J connectivity index is 1.64. The first-order valence-corrected chi connectivity index (χ1v) is 10.7. The lowest BCUT2D eigenvalue weighted by atomic mass is 10.0. The van der Waals surface area contributed by atoms with Crippen molar-refractivity contribution in [3.63, 3.8) is 0 Å². The monoisotopic (exact) mass is 422 g/mol. The summed E-state index contributed by atoms with van der Waals surface area (Å²) in [7, 11) is 1.41. The van der Waals surface area contributed by atoms with Crippen LogP contribution in [-0.4, -0.2) is 29.6 Å². The summed E-state index contributed by atoms with van der Waals surface area (Å²) in [5, 5.41) is 4.70. The molecule has 0 fully saturated rings. The highest BCUT2D eigenvalue weighted by Crippen LogP contribution is 2.40. The van der Waals surface area contributed by atoms with Crippen LogP contribution in [0.15, 0.2) is 54.6 Å². The molecule has 0 unspecified atom stereocenters. The van der Waals surface area contributed by atoms with Crippen molar-refractivity contribution in [2.75, 3.05) is 19.0 Å². The van der Waals surface area contributed by atoms with Gasteiger partial charge in [0, 0.05) is 23.5 Å². The number of hydrogen-bond acceptors (Lipinski definition) is 4. The number of anilines is 1. The van der Waals surface area contributed by atoms with Gasteiger partial charge in [0.2, 0.25) is 0 Å². The summed E-state index contributed by atoms with van der Waals surface area (Å²) < 4.78 is 5.10. The Morgan fingerprint density at radius 2 is 1.79 bits per heavy atom. The maximum absolute atomic E-state index is 12.7. The third kappa shape index (κ3) is 3.91. The molecular formula is C23H22N2O2S2. The van der Waals surface area contributed by atoms with Gasteiger partial charge in [0.1, 0.15) is 10.6 Å². The van der Waals surface area contributed by atoms with Crippen LogP contribution in [0.25, 0.3) is 11.1 Å². The highest BCUT2D eigenvalue weighted by atomic mass is 32.1. The van der Waals surface area contributed by atoms with Crippen LogP contribution in [0.4, 0.5) is 5.00 Å². The molecule has 4 nitrogen and oxygen atoms in total. The van der Waals surface area contributed by atoms with Crippen molar-refractivity contribution in [1.29, 1.82) is 0 Å². The van der Waals surface area contributed by atoms with Gasteiger partial charge in [-0.2, -0.15) is 0 Å². The van der Waals surface area contributed by atoms with E-state index >= 15 is 0 Å². The first-order valence-electron chi connectivity index (χ1n) is 9.48. The zero-order valence-electron chi connectivity index (χ0n) is 16.4. The molecular weight excluding hydrogens is 400 g/mol. The van der Waals surface area contributed by atoms with Crippen molar-refractivity contribution in [3.05, 3.63) is 76.2 Å². The van der Waals surface area contributed by atoms with E-state index in [9.17, 15) is 4.79 Å². The number of rotatable bonds is 3. The molecule has 1 aliphatic heterocycles. The molecule has 2 heterocycles. The number of carbonyl (C=O) groups is 1. The molecule has 1 N–H and O–H groups in total. The molecule has 2 aromatic carbocycles. The van der Waals surface area contributed by atoms with Gasteiger partial charge in [0.25, 0.3) is 0 Å². The molecule has 1 aliphatic rings. The number of aryl methyl sites for hydroxylation is 1. The van der Waals surface area contributed by atoms with E-state index in [0.29, 0.717) is 10.7 Å². The third-order valence-corrected chi connectivity index (χ3v) is 6.56. The van der Waals surface area contributed by atoms with Gasteiger partial charge in [-0.3, -0.25) is 0 Å². The minimum absolute atomic E-state index is 0.359. The Hall–Kier alpha value is -2.70. The van der Waals surface area contributed by atoms with Crippen molar-refractivity contribution in [2.45, 2.75) is 19.9 Å². The number of fused-ring (bicyclic) bond motifs is 1. The Morgan fingerprint density at radius 3 is 2.52 bits per heavy atom. The number of ether oxygens (including phenoxy) is 1. The van der Waals surface area contributed by atoms with Gasteiger partial charge in [-0.05, 0) is 42.3 Å². The molecule has 0 saturated heterocycles. The predicted molar refractivity (Wildman–Crippen MR) is 123 cm³/mol. The molecule has 3 aromatic rings. The zero-order chi connectivity index (χ0) is 20.4. The lowest BCUT2D eigenvalue weighted by Crippen LogP contribution is -2.38. The highest BCUT2D eigenvalue weighted by Gasteiger charge is 2.26. The van der Waals surface area contributed by atoms with E-state index in [1.165, 1.54) is 29.6 Å². The van der Waals surface area contributed by atoms with Crippen molar-refractivity contribution >= 4 is 39.6 Å². The number of methoxy groups -OCH3 is 1. The number of benzene rings is 2. The highest BCUT2D eigenvalue weighted by molar-refractivity contribution is 7.80. The number of carbonyl (C=O) groups excluding carboxylic acids is 1. The number of thiocarbonyl (C=S) groups is 1. The van der Waals surface area contributed by atoms with Gasteiger partial charge < -0.3 is 15.0 Å². The van der Waals surface area contributed by atoms with Gasteiger partial charge in [-0.15, -0.1) is 11.3 Å². The third-order valence-electron chi connectivity index (χ3n) is 5.17. The van der Waals surface area contributed by atoms with Gasteiger partial charge in [0.15, 0.2) is 5.11 Å². The Labute approximate surface area is 180 Å².